The minimum atomic E-state index is -2.80. The van der Waals surface area contributed by atoms with Gasteiger partial charge in [0.2, 0.25) is 12.3 Å². The SMILES string of the molecule is CC/C=C(/C(=C\N(C)CC(=O)N(C)C)NC(=O)c1cnn2cccnc12)c1cc(C(F)F)ccc1OC(C)F. The Kier molecular flexibility index (Phi) is 9.69. The minimum absolute atomic E-state index is 0.0129. The highest BCUT2D eigenvalue weighted by Gasteiger charge is 2.22. The summed E-state index contributed by atoms with van der Waals surface area (Å²) in [6.45, 7) is 2.96. The first-order valence-corrected chi connectivity index (χ1v) is 12.2. The number of alkyl halides is 3. The van der Waals surface area contributed by atoms with Crippen LogP contribution in [-0.2, 0) is 4.79 Å². The van der Waals surface area contributed by atoms with Crippen molar-refractivity contribution >= 4 is 23.0 Å². The molecule has 2 amide bonds. The Hall–Kier alpha value is -4.35. The first-order valence-electron chi connectivity index (χ1n) is 12.2. The van der Waals surface area contributed by atoms with Gasteiger partial charge in [-0.25, -0.2) is 22.7 Å². The van der Waals surface area contributed by atoms with E-state index in [2.05, 4.69) is 15.4 Å². The van der Waals surface area contributed by atoms with Gasteiger partial charge in [-0.1, -0.05) is 13.0 Å². The molecule has 0 spiro atoms. The fourth-order valence-electron chi connectivity index (χ4n) is 3.71. The highest BCUT2D eigenvalue weighted by molar-refractivity contribution is 6.02. The number of halogens is 3. The summed E-state index contributed by atoms with van der Waals surface area (Å²) in [4.78, 5) is 32.9. The second kappa shape index (κ2) is 12.9. The third-order valence-corrected chi connectivity index (χ3v) is 5.54. The Labute approximate surface area is 224 Å². The van der Waals surface area contributed by atoms with Gasteiger partial charge in [0.05, 0.1) is 18.4 Å². The van der Waals surface area contributed by atoms with Gasteiger partial charge in [-0.3, -0.25) is 9.59 Å². The normalized spacial score (nSPS) is 12.9. The molecule has 1 aromatic carbocycles. The first kappa shape index (κ1) is 29.2. The maximum Gasteiger partial charge on any atom is 0.263 e. The topological polar surface area (TPSA) is 92.1 Å². The van der Waals surface area contributed by atoms with Crippen LogP contribution in [0.25, 0.3) is 11.2 Å². The molecule has 3 aromatic rings. The summed E-state index contributed by atoms with van der Waals surface area (Å²) in [5.74, 6) is -0.767. The van der Waals surface area contributed by atoms with Gasteiger partial charge in [-0.15, -0.1) is 0 Å². The zero-order chi connectivity index (χ0) is 28.7. The van der Waals surface area contributed by atoms with E-state index in [1.807, 2.05) is 6.92 Å². The average Bonchev–Trinajstić information content (AvgIpc) is 3.31. The number of amides is 2. The van der Waals surface area contributed by atoms with Gasteiger partial charge in [0.25, 0.3) is 12.3 Å². The van der Waals surface area contributed by atoms with E-state index in [-0.39, 0.29) is 40.6 Å². The quantitative estimate of drug-likeness (QED) is 0.359. The monoisotopic (exact) mass is 544 g/mol. The second-order valence-corrected chi connectivity index (χ2v) is 8.89. The second-order valence-electron chi connectivity index (χ2n) is 8.89. The van der Waals surface area contributed by atoms with Crippen molar-refractivity contribution < 1.29 is 27.5 Å². The predicted molar refractivity (Wildman–Crippen MR) is 141 cm³/mol. The van der Waals surface area contributed by atoms with E-state index in [0.717, 1.165) is 6.07 Å². The Morgan fingerprint density at radius 1 is 1.18 bits per heavy atom. The summed E-state index contributed by atoms with van der Waals surface area (Å²) in [5.41, 5.74) is 0.795. The van der Waals surface area contributed by atoms with Crippen molar-refractivity contribution in [1.29, 1.82) is 0 Å². The number of likely N-dealkylation sites (N-methyl/N-ethyl adjacent to an activating group) is 2. The van der Waals surface area contributed by atoms with Crippen LogP contribution in [0.4, 0.5) is 13.2 Å². The molecule has 208 valence electrons. The molecule has 9 nitrogen and oxygen atoms in total. The zero-order valence-electron chi connectivity index (χ0n) is 22.4. The highest BCUT2D eigenvalue weighted by Crippen LogP contribution is 2.35. The molecule has 0 fully saturated rings. The third-order valence-electron chi connectivity index (χ3n) is 5.54. The smallest absolute Gasteiger partial charge is 0.263 e. The largest absolute Gasteiger partial charge is 0.460 e. The lowest BCUT2D eigenvalue weighted by Crippen LogP contribution is -2.33. The lowest BCUT2D eigenvalue weighted by molar-refractivity contribution is -0.129. The van der Waals surface area contributed by atoms with Crippen molar-refractivity contribution in [3.63, 3.8) is 0 Å². The molecule has 0 saturated carbocycles. The van der Waals surface area contributed by atoms with Gasteiger partial charge in [0.15, 0.2) is 5.65 Å². The van der Waals surface area contributed by atoms with Gasteiger partial charge in [0.1, 0.15) is 11.3 Å². The molecule has 0 aliphatic rings. The van der Waals surface area contributed by atoms with Crippen LogP contribution in [0.15, 0.2) is 60.8 Å². The first-order chi connectivity index (χ1) is 18.5. The Balaban J connectivity index is 2.15. The number of fused-ring (bicyclic) bond motifs is 1. The number of carbonyl (C=O) groups is 2. The summed E-state index contributed by atoms with van der Waals surface area (Å²) >= 11 is 0. The summed E-state index contributed by atoms with van der Waals surface area (Å²) in [5, 5.41) is 6.95. The average molecular weight is 545 g/mol. The van der Waals surface area contributed by atoms with E-state index in [9.17, 15) is 22.8 Å². The fraction of sp³-hybridized carbons (Fsp3) is 0.333. The maximum atomic E-state index is 13.9. The van der Waals surface area contributed by atoms with Crippen LogP contribution < -0.4 is 10.1 Å². The van der Waals surface area contributed by atoms with Crippen LogP contribution in [0.3, 0.4) is 0 Å². The summed E-state index contributed by atoms with van der Waals surface area (Å²) in [6, 6.07) is 5.29. The molecular weight excluding hydrogens is 513 g/mol. The molecule has 12 heteroatoms. The van der Waals surface area contributed by atoms with E-state index < -0.39 is 18.7 Å². The molecule has 0 bridgehead atoms. The van der Waals surface area contributed by atoms with Crippen molar-refractivity contribution in [2.24, 2.45) is 0 Å². The number of rotatable bonds is 11. The van der Waals surface area contributed by atoms with Gasteiger partial charge >= 0.3 is 0 Å². The molecule has 2 heterocycles. The third kappa shape index (κ3) is 7.37. The van der Waals surface area contributed by atoms with E-state index in [1.54, 1.807) is 44.4 Å². The molecule has 1 unspecified atom stereocenters. The molecule has 0 aliphatic heterocycles. The minimum Gasteiger partial charge on any atom is -0.460 e. The lowest BCUT2D eigenvalue weighted by atomic mass is 9.98. The Morgan fingerprint density at radius 2 is 1.92 bits per heavy atom. The predicted octanol–water partition coefficient (Wildman–Crippen LogP) is 4.45. The van der Waals surface area contributed by atoms with Crippen molar-refractivity contribution in [1.82, 2.24) is 29.7 Å². The summed E-state index contributed by atoms with van der Waals surface area (Å²) in [7, 11) is 4.85. The van der Waals surface area contributed by atoms with Crippen molar-refractivity contribution in [2.45, 2.75) is 33.1 Å². The summed E-state index contributed by atoms with van der Waals surface area (Å²) < 4.78 is 48.0. The molecule has 3 rings (SSSR count). The molecular formula is C27H31F3N6O3. The van der Waals surface area contributed by atoms with Crippen LogP contribution in [0.2, 0.25) is 0 Å². The Morgan fingerprint density at radius 3 is 2.56 bits per heavy atom. The van der Waals surface area contributed by atoms with Crippen LogP contribution in [-0.4, -0.2) is 70.3 Å². The fourth-order valence-corrected chi connectivity index (χ4v) is 3.71. The van der Waals surface area contributed by atoms with Crippen molar-refractivity contribution in [3.8, 4) is 5.75 Å². The number of nitrogens with zero attached hydrogens (tertiary/aromatic N) is 5. The van der Waals surface area contributed by atoms with E-state index in [4.69, 9.17) is 4.74 Å². The van der Waals surface area contributed by atoms with Crippen molar-refractivity contribution in [2.75, 3.05) is 27.7 Å². The number of nitrogens with one attached hydrogen (secondary N) is 1. The maximum absolute atomic E-state index is 13.9. The number of carbonyl (C=O) groups excluding carboxylic acids is 2. The summed E-state index contributed by atoms with van der Waals surface area (Å²) in [6.07, 6.45) is 3.63. The zero-order valence-corrected chi connectivity index (χ0v) is 22.4. The van der Waals surface area contributed by atoms with Crippen LogP contribution in [0.5, 0.6) is 5.75 Å². The molecule has 1 atom stereocenters. The number of ether oxygens (including phenoxy) is 1. The molecule has 0 saturated heterocycles. The number of allylic oxidation sites excluding steroid dienone is 2. The van der Waals surface area contributed by atoms with Crippen LogP contribution in [0.1, 0.15) is 48.2 Å². The number of hydrogen-bond donors (Lipinski definition) is 1. The molecule has 0 aliphatic carbocycles. The van der Waals surface area contributed by atoms with E-state index in [1.165, 1.54) is 47.1 Å². The van der Waals surface area contributed by atoms with Gasteiger partial charge in [0, 0.05) is 63.4 Å². The number of hydrogen-bond acceptors (Lipinski definition) is 6. The number of benzene rings is 1. The van der Waals surface area contributed by atoms with Crippen LogP contribution in [0, 0.1) is 0 Å². The lowest BCUT2D eigenvalue weighted by Gasteiger charge is -2.22. The van der Waals surface area contributed by atoms with Gasteiger partial charge < -0.3 is 19.9 Å². The van der Waals surface area contributed by atoms with Crippen LogP contribution >= 0.6 is 0 Å². The standard InChI is InChI=1S/C27H31F3N6O3/c1-6-8-19(20-13-18(25(29)30)9-10-23(20)39-17(2)28)22(15-35(5)16-24(37)34(3)4)33-27(38)21-14-32-36-12-7-11-31-26(21)36/h7-15,17,25H,6,16H2,1-5H3,(H,33,38)/b19-8+,22-15+. The van der Waals surface area contributed by atoms with E-state index in [0.29, 0.717) is 17.6 Å². The number of aromatic nitrogens is 3. The Bertz CT molecular complexity index is 1380. The highest BCUT2D eigenvalue weighted by atomic mass is 19.3. The van der Waals surface area contributed by atoms with Crippen molar-refractivity contribution in [3.05, 3.63) is 77.5 Å². The molecule has 1 N–H and O–H groups in total. The van der Waals surface area contributed by atoms with Gasteiger partial charge in [-0.2, -0.15) is 5.10 Å². The van der Waals surface area contributed by atoms with Gasteiger partial charge in [-0.05, 0) is 30.7 Å². The molecule has 39 heavy (non-hydrogen) atoms. The van der Waals surface area contributed by atoms with E-state index >= 15 is 0 Å². The molecule has 2 aromatic heterocycles. The molecule has 0 radical (unpaired) electrons.